The molecule has 0 radical (unpaired) electrons. The third kappa shape index (κ3) is 3.28. The summed E-state index contributed by atoms with van der Waals surface area (Å²) in [5, 5.41) is 5.07. The van der Waals surface area contributed by atoms with Crippen molar-refractivity contribution in [3.05, 3.63) is 64.7 Å². The van der Waals surface area contributed by atoms with E-state index in [9.17, 15) is 0 Å². The van der Waals surface area contributed by atoms with Crippen LogP contribution in [0.25, 0.3) is 0 Å². The first-order chi connectivity index (χ1) is 10.3. The molecule has 0 aliphatic carbocycles. The van der Waals surface area contributed by atoms with Crippen molar-refractivity contribution in [2.45, 2.75) is 36.0 Å². The molecule has 1 nitrogen and oxygen atoms in total. The standard InChI is InChI=1S/C18H20ClNS/c1-2-11-20-18(14-8-4-5-9-15(14)19)17-12-13-7-3-6-10-16(13)21-17/h3-10,17-18,20H,2,11-12H2,1H3. The van der Waals surface area contributed by atoms with Gasteiger partial charge in [-0.2, -0.15) is 0 Å². The van der Waals surface area contributed by atoms with Crippen LogP contribution in [-0.2, 0) is 6.42 Å². The van der Waals surface area contributed by atoms with Crippen molar-refractivity contribution in [1.29, 1.82) is 0 Å². The molecule has 1 heterocycles. The molecule has 2 atom stereocenters. The molecule has 2 aromatic rings. The predicted octanol–water partition coefficient (Wildman–Crippen LogP) is 5.10. The second-order valence-corrected chi connectivity index (χ2v) is 7.11. The fourth-order valence-corrected chi connectivity index (χ4v) is 4.54. The molecule has 0 amide bonds. The average Bonchev–Trinajstić information content (AvgIpc) is 2.93. The van der Waals surface area contributed by atoms with E-state index in [1.165, 1.54) is 16.0 Å². The Balaban J connectivity index is 1.86. The van der Waals surface area contributed by atoms with E-state index in [-0.39, 0.29) is 0 Å². The Morgan fingerprint density at radius 3 is 2.71 bits per heavy atom. The van der Waals surface area contributed by atoms with E-state index in [1.54, 1.807) is 0 Å². The number of thioether (sulfide) groups is 1. The Hall–Kier alpha value is -0.960. The average molecular weight is 318 g/mol. The van der Waals surface area contributed by atoms with Gasteiger partial charge in [0.2, 0.25) is 0 Å². The first-order valence-electron chi connectivity index (χ1n) is 7.52. The first kappa shape index (κ1) is 15.0. The van der Waals surface area contributed by atoms with E-state index in [0.717, 1.165) is 24.4 Å². The smallest absolute Gasteiger partial charge is 0.0462 e. The molecule has 2 unspecified atom stereocenters. The second kappa shape index (κ2) is 6.87. The lowest BCUT2D eigenvalue weighted by Crippen LogP contribution is -2.31. The van der Waals surface area contributed by atoms with Gasteiger partial charge in [0.05, 0.1) is 0 Å². The third-order valence-electron chi connectivity index (χ3n) is 3.90. The van der Waals surface area contributed by atoms with E-state index in [4.69, 9.17) is 11.6 Å². The lowest BCUT2D eigenvalue weighted by atomic mass is 9.98. The lowest BCUT2D eigenvalue weighted by Gasteiger charge is -2.25. The minimum absolute atomic E-state index is 0.302. The van der Waals surface area contributed by atoms with E-state index < -0.39 is 0 Å². The molecule has 3 heteroatoms. The largest absolute Gasteiger partial charge is 0.309 e. The van der Waals surface area contributed by atoms with Crippen LogP contribution in [0.15, 0.2) is 53.4 Å². The molecule has 3 rings (SSSR count). The van der Waals surface area contributed by atoms with Crippen molar-refractivity contribution in [3.63, 3.8) is 0 Å². The molecule has 0 saturated heterocycles. The van der Waals surface area contributed by atoms with Crippen LogP contribution in [0.4, 0.5) is 0 Å². The zero-order valence-electron chi connectivity index (χ0n) is 12.2. The molecule has 0 bridgehead atoms. The molecule has 1 aliphatic heterocycles. The second-order valence-electron chi connectivity index (χ2n) is 5.42. The van der Waals surface area contributed by atoms with Gasteiger partial charge in [0.15, 0.2) is 0 Å². The van der Waals surface area contributed by atoms with Crippen molar-refractivity contribution in [2.75, 3.05) is 6.54 Å². The van der Waals surface area contributed by atoms with Gasteiger partial charge in [-0.1, -0.05) is 54.9 Å². The fourth-order valence-electron chi connectivity index (χ4n) is 2.86. The Kier molecular flexibility index (Phi) is 4.89. The summed E-state index contributed by atoms with van der Waals surface area (Å²) >= 11 is 8.42. The summed E-state index contributed by atoms with van der Waals surface area (Å²) in [6.07, 6.45) is 2.23. The van der Waals surface area contributed by atoms with Gasteiger partial charge in [0.1, 0.15) is 0 Å². The number of nitrogens with one attached hydrogen (secondary N) is 1. The van der Waals surface area contributed by atoms with Crippen LogP contribution in [0.3, 0.4) is 0 Å². The molecule has 110 valence electrons. The zero-order chi connectivity index (χ0) is 14.7. The molecule has 1 aliphatic rings. The van der Waals surface area contributed by atoms with E-state index in [1.807, 2.05) is 23.9 Å². The molecule has 0 spiro atoms. The number of halogens is 1. The maximum absolute atomic E-state index is 6.44. The third-order valence-corrected chi connectivity index (χ3v) is 5.64. The Bertz CT molecular complexity index is 589. The highest BCUT2D eigenvalue weighted by atomic mass is 35.5. The highest BCUT2D eigenvalue weighted by Gasteiger charge is 2.30. The van der Waals surface area contributed by atoms with Crippen LogP contribution in [0, 0.1) is 0 Å². The number of hydrogen-bond donors (Lipinski definition) is 1. The SMILES string of the molecule is CCCNC(c1ccccc1Cl)C1Cc2ccccc2S1. The van der Waals surface area contributed by atoms with Gasteiger partial charge in [-0.3, -0.25) is 0 Å². The molecule has 1 N–H and O–H groups in total. The highest BCUT2D eigenvalue weighted by molar-refractivity contribution is 8.00. The Morgan fingerprint density at radius 1 is 1.19 bits per heavy atom. The molecular formula is C18H20ClNS. The maximum Gasteiger partial charge on any atom is 0.0462 e. The summed E-state index contributed by atoms with van der Waals surface area (Å²) in [6.45, 7) is 3.22. The first-order valence-corrected chi connectivity index (χ1v) is 8.77. The van der Waals surface area contributed by atoms with E-state index in [0.29, 0.717) is 11.3 Å². The molecule has 0 fully saturated rings. The van der Waals surface area contributed by atoms with Crippen molar-refractivity contribution in [3.8, 4) is 0 Å². The van der Waals surface area contributed by atoms with Crippen molar-refractivity contribution in [1.82, 2.24) is 5.32 Å². The van der Waals surface area contributed by atoms with Crippen LogP contribution >= 0.6 is 23.4 Å². The van der Waals surface area contributed by atoms with Gasteiger partial charge in [-0.05, 0) is 42.6 Å². The fraction of sp³-hybridized carbons (Fsp3) is 0.333. The minimum Gasteiger partial charge on any atom is -0.309 e. The summed E-state index contributed by atoms with van der Waals surface area (Å²) < 4.78 is 0. The summed E-state index contributed by atoms with van der Waals surface area (Å²) in [6, 6.07) is 17.2. The van der Waals surface area contributed by atoms with Gasteiger partial charge in [-0.25, -0.2) is 0 Å². The quantitative estimate of drug-likeness (QED) is 0.823. The molecule has 2 aromatic carbocycles. The summed E-state index contributed by atoms with van der Waals surface area (Å²) in [7, 11) is 0. The number of fused-ring (bicyclic) bond motifs is 1. The van der Waals surface area contributed by atoms with E-state index in [2.05, 4.69) is 48.6 Å². The zero-order valence-corrected chi connectivity index (χ0v) is 13.8. The van der Waals surface area contributed by atoms with Crippen LogP contribution in [0.1, 0.15) is 30.5 Å². The normalized spacial score (nSPS) is 18.5. The summed E-state index contributed by atoms with van der Waals surface area (Å²) in [5.41, 5.74) is 2.68. The van der Waals surface area contributed by atoms with Crippen LogP contribution in [0.2, 0.25) is 5.02 Å². The Labute approximate surface area is 136 Å². The molecule has 0 saturated carbocycles. The van der Waals surface area contributed by atoms with Crippen molar-refractivity contribution < 1.29 is 0 Å². The van der Waals surface area contributed by atoms with Crippen molar-refractivity contribution >= 4 is 23.4 Å². The maximum atomic E-state index is 6.44. The monoisotopic (exact) mass is 317 g/mol. The van der Waals surface area contributed by atoms with E-state index >= 15 is 0 Å². The van der Waals surface area contributed by atoms with Gasteiger partial charge < -0.3 is 5.32 Å². The summed E-state index contributed by atoms with van der Waals surface area (Å²) in [5.74, 6) is 0. The molecular weight excluding hydrogens is 298 g/mol. The Morgan fingerprint density at radius 2 is 1.95 bits per heavy atom. The lowest BCUT2D eigenvalue weighted by molar-refractivity contribution is 0.514. The van der Waals surface area contributed by atoms with Crippen molar-refractivity contribution in [2.24, 2.45) is 0 Å². The van der Waals surface area contributed by atoms with Crippen LogP contribution in [-0.4, -0.2) is 11.8 Å². The predicted molar refractivity (Wildman–Crippen MR) is 92.3 cm³/mol. The molecule has 21 heavy (non-hydrogen) atoms. The van der Waals surface area contributed by atoms with Gasteiger partial charge in [0, 0.05) is 21.2 Å². The number of hydrogen-bond acceptors (Lipinski definition) is 2. The van der Waals surface area contributed by atoms with Gasteiger partial charge >= 0.3 is 0 Å². The minimum atomic E-state index is 0.302. The van der Waals surface area contributed by atoms with Crippen LogP contribution in [0.5, 0.6) is 0 Å². The van der Waals surface area contributed by atoms with Gasteiger partial charge in [0.25, 0.3) is 0 Å². The number of benzene rings is 2. The van der Waals surface area contributed by atoms with Gasteiger partial charge in [-0.15, -0.1) is 11.8 Å². The van der Waals surface area contributed by atoms with Crippen LogP contribution < -0.4 is 5.32 Å². The number of rotatable bonds is 5. The molecule has 0 aromatic heterocycles. The topological polar surface area (TPSA) is 12.0 Å². The highest BCUT2D eigenvalue weighted by Crippen LogP contribution is 2.43. The summed E-state index contributed by atoms with van der Waals surface area (Å²) in [4.78, 5) is 1.41.